The average Bonchev–Trinajstić information content (AvgIpc) is 3.20. The van der Waals surface area contributed by atoms with Crippen LogP contribution in [0.1, 0.15) is 12.5 Å². The van der Waals surface area contributed by atoms with Gasteiger partial charge in [-0.25, -0.2) is 0 Å². The number of methoxy groups -OCH3 is 2. The summed E-state index contributed by atoms with van der Waals surface area (Å²) in [5.41, 5.74) is 0.215. The van der Waals surface area contributed by atoms with Gasteiger partial charge in [-0.1, -0.05) is 6.08 Å². The van der Waals surface area contributed by atoms with Crippen LogP contribution in [-0.4, -0.2) is 141 Å². The number of rotatable bonds is 11. The van der Waals surface area contributed by atoms with Gasteiger partial charge in [0.1, 0.15) is 49.3 Å². The van der Waals surface area contributed by atoms with Crippen molar-refractivity contribution in [1.82, 2.24) is 0 Å². The molecule has 2 aliphatic rings. The van der Waals surface area contributed by atoms with Crippen molar-refractivity contribution < 1.29 is 78.9 Å². The third-order valence-electron chi connectivity index (χ3n) is 6.68. The lowest BCUT2D eigenvalue weighted by Gasteiger charge is -2.49. The fourth-order valence-corrected chi connectivity index (χ4v) is 4.52. The molecule has 0 radical (unpaired) electrons. The Morgan fingerprint density at radius 1 is 0.878 bits per heavy atom. The first-order valence-electron chi connectivity index (χ1n) is 12.3. The van der Waals surface area contributed by atoms with Gasteiger partial charge >= 0.3 is 5.97 Å². The number of carbonyl (C=O) groups is 2. The van der Waals surface area contributed by atoms with E-state index in [2.05, 4.69) is 0 Å². The van der Waals surface area contributed by atoms with E-state index >= 15 is 0 Å². The summed E-state index contributed by atoms with van der Waals surface area (Å²) >= 11 is 0. The number of benzene rings is 1. The normalized spacial score (nSPS) is 35.4. The van der Waals surface area contributed by atoms with Crippen molar-refractivity contribution in [2.75, 3.05) is 34.0 Å². The minimum absolute atomic E-state index is 0.0381. The lowest BCUT2D eigenvalue weighted by Crippen LogP contribution is -2.72. The molecule has 1 aromatic rings. The summed E-state index contributed by atoms with van der Waals surface area (Å²) in [5, 5.41) is 81.9. The van der Waals surface area contributed by atoms with Crippen LogP contribution in [0.4, 0.5) is 0 Å². The largest absolute Gasteiger partial charge is 0.493 e. The number of aliphatic hydroxyl groups excluding tert-OH is 8. The number of carbonyl (C=O) groups excluding carboxylic acids is 2. The summed E-state index contributed by atoms with van der Waals surface area (Å²) in [5.74, 6) is -7.65. The van der Waals surface area contributed by atoms with E-state index in [-0.39, 0.29) is 22.8 Å². The van der Waals surface area contributed by atoms with Crippen LogP contribution in [0.3, 0.4) is 0 Å². The lowest BCUT2D eigenvalue weighted by molar-refractivity contribution is -0.415. The summed E-state index contributed by atoms with van der Waals surface area (Å²) in [7, 11) is 2.57. The zero-order chi connectivity index (χ0) is 30.7. The summed E-state index contributed by atoms with van der Waals surface area (Å²) in [6.07, 6.45) is -11.7. The fraction of sp³-hybridized carbons (Fsp3) is 0.600. The highest BCUT2D eigenvalue weighted by molar-refractivity contribution is 6.00. The Bertz CT molecular complexity index is 1100. The topological polar surface area (TPSA) is 251 Å². The third kappa shape index (κ3) is 6.08. The van der Waals surface area contributed by atoms with Crippen LogP contribution >= 0.6 is 0 Å². The SMILES string of the molecule is COc1cc(/C=C/C(=O)[C@@]2(OC3(CO)O[C@H](CO)[C@@H](O)[C@@H]3O)O[C@H](CO)[C@@H](O)[C@H](O)[C@H]2O)cc(OC)c1OC(C)=O. The summed E-state index contributed by atoms with van der Waals surface area (Å²) < 4.78 is 32.0. The minimum Gasteiger partial charge on any atom is -0.493 e. The van der Waals surface area contributed by atoms with Gasteiger partial charge in [0.25, 0.3) is 5.79 Å². The molecule has 2 saturated heterocycles. The third-order valence-corrected chi connectivity index (χ3v) is 6.68. The first-order valence-corrected chi connectivity index (χ1v) is 12.3. The molecule has 2 heterocycles. The molecule has 41 heavy (non-hydrogen) atoms. The van der Waals surface area contributed by atoms with Crippen molar-refractivity contribution in [3.8, 4) is 17.2 Å². The zero-order valence-corrected chi connectivity index (χ0v) is 22.3. The molecule has 9 atom stereocenters. The second-order valence-corrected chi connectivity index (χ2v) is 9.32. The molecule has 0 amide bonds. The number of ether oxygens (including phenoxy) is 6. The van der Waals surface area contributed by atoms with E-state index < -0.39 is 85.9 Å². The minimum atomic E-state index is -3.05. The smallest absolute Gasteiger partial charge is 0.308 e. The predicted octanol–water partition coefficient (Wildman–Crippen LogP) is -3.80. The van der Waals surface area contributed by atoms with Gasteiger partial charge in [0, 0.05) is 6.92 Å². The monoisotopic (exact) mass is 590 g/mol. The Labute approximate surface area is 233 Å². The van der Waals surface area contributed by atoms with E-state index in [0.29, 0.717) is 0 Å². The van der Waals surface area contributed by atoms with Crippen LogP contribution in [0.15, 0.2) is 18.2 Å². The van der Waals surface area contributed by atoms with Crippen molar-refractivity contribution in [3.05, 3.63) is 23.8 Å². The quantitative estimate of drug-likeness (QED) is 0.0699. The molecule has 2 fully saturated rings. The van der Waals surface area contributed by atoms with E-state index in [9.17, 15) is 50.4 Å². The summed E-state index contributed by atoms with van der Waals surface area (Å²) in [4.78, 5) is 25.2. The number of esters is 1. The molecule has 0 bridgehead atoms. The van der Waals surface area contributed by atoms with Gasteiger partial charge < -0.3 is 69.3 Å². The molecule has 230 valence electrons. The van der Waals surface area contributed by atoms with Crippen molar-refractivity contribution >= 4 is 17.8 Å². The van der Waals surface area contributed by atoms with E-state index in [1.54, 1.807) is 0 Å². The van der Waals surface area contributed by atoms with E-state index in [4.69, 9.17) is 28.4 Å². The van der Waals surface area contributed by atoms with Gasteiger partial charge in [0.2, 0.25) is 17.3 Å². The molecule has 3 rings (SSSR count). The first kappa shape index (κ1) is 32.8. The lowest BCUT2D eigenvalue weighted by atomic mass is 9.89. The average molecular weight is 591 g/mol. The molecule has 0 aliphatic carbocycles. The summed E-state index contributed by atoms with van der Waals surface area (Å²) in [6, 6.07) is 2.71. The fourth-order valence-electron chi connectivity index (χ4n) is 4.52. The Hall–Kier alpha value is -2.74. The highest BCUT2D eigenvalue weighted by Crippen LogP contribution is 2.42. The van der Waals surface area contributed by atoms with Crippen molar-refractivity contribution in [3.63, 3.8) is 0 Å². The number of aliphatic hydroxyl groups is 8. The maximum Gasteiger partial charge on any atom is 0.308 e. The van der Waals surface area contributed by atoms with Crippen LogP contribution in [0.5, 0.6) is 17.2 Å². The molecule has 1 unspecified atom stereocenters. The van der Waals surface area contributed by atoms with Crippen LogP contribution in [0.2, 0.25) is 0 Å². The molecular formula is C25H34O16. The molecule has 0 saturated carbocycles. The molecular weight excluding hydrogens is 556 g/mol. The van der Waals surface area contributed by atoms with Crippen LogP contribution in [-0.2, 0) is 23.8 Å². The Kier molecular flexibility index (Phi) is 10.4. The van der Waals surface area contributed by atoms with Crippen LogP contribution in [0.25, 0.3) is 6.08 Å². The van der Waals surface area contributed by atoms with Crippen molar-refractivity contribution in [2.24, 2.45) is 0 Å². The van der Waals surface area contributed by atoms with Gasteiger partial charge in [0.05, 0.1) is 27.4 Å². The van der Waals surface area contributed by atoms with Gasteiger partial charge in [0.15, 0.2) is 11.5 Å². The molecule has 2 aliphatic heterocycles. The second kappa shape index (κ2) is 13.1. The Balaban J connectivity index is 2.09. The van der Waals surface area contributed by atoms with Crippen molar-refractivity contribution in [1.29, 1.82) is 0 Å². The van der Waals surface area contributed by atoms with E-state index in [1.807, 2.05) is 0 Å². The van der Waals surface area contributed by atoms with E-state index in [0.717, 1.165) is 19.1 Å². The highest BCUT2D eigenvalue weighted by atomic mass is 16.8. The molecule has 0 aromatic heterocycles. The van der Waals surface area contributed by atoms with Gasteiger partial charge in [-0.05, 0) is 23.8 Å². The molecule has 16 nitrogen and oxygen atoms in total. The molecule has 16 heteroatoms. The maximum atomic E-state index is 13.7. The second-order valence-electron chi connectivity index (χ2n) is 9.32. The van der Waals surface area contributed by atoms with Gasteiger partial charge in [-0.3, -0.25) is 9.59 Å². The van der Waals surface area contributed by atoms with Gasteiger partial charge in [-0.2, -0.15) is 0 Å². The van der Waals surface area contributed by atoms with Crippen LogP contribution < -0.4 is 14.2 Å². The standard InChI is InChI=1S/C25H34O16/c1-11(29)38-21-13(36-2)6-12(7-14(21)37-3)4-5-17(30)25(23(35)20(33)18(31)15(8-26)40-25)41-24(10-28)22(34)19(32)16(9-27)39-24/h4-7,15-16,18-20,22-23,26-28,31-35H,8-10H2,1-3H3/b5-4+/t15-,16-,18-,19-,20+,22+,23-,24?,25+/m1/s1. The Morgan fingerprint density at radius 2 is 1.44 bits per heavy atom. The molecule has 0 spiro atoms. The van der Waals surface area contributed by atoms with E-state index in [1.165, 1.54) is 26.4 Å². The molecule has 1 aromatic carbocycles. The predicted molar refractivity (Wildman–Crippen MR) is 132 cm³/mol. The maximum absolute atomic E-state index is 13.7. The van der Waals surface area contributed by atoms with Crippen LogP contribution in [0, 0.1) is 0 Å². The first-order chi connectivity index (χ1) is 19.3. The number of hydrogen-bond donors (Lipinski definition) is 8. The zero-order valence-electron chi connectivity index (χ0n) is 22.3. The van der Waals surface area contributed by atoms with Gasteiger partial charge in [-0.15, -0.1) is 0 Å². The Morgan fingerprint density at radius 3 is 1.90 bits per heavy atom. The number of hydrogen-bond acceptors (Lipinski definition) is 16. The highest BCUT2D eigenvalue weighted by Gasteiger charge is 2.65. The number of ketones is 1. The molecule has 8 N–H and O–H groups in total. The summed E-state index contributed by atoms with van der Waals surface area (Å²) in [6.45, 7) is -1.90. The van der Waals surface area contributed by atoms with Crippen molar-refractivity contribution in [2.45, 2.75) is 61.2 Å².